The van der Waals surface area contributed by atoms with Crippen LogP contribution in [-0.4, -0.2) is 37.2 Å². The third-order valence-corrected chi connectivity index (χ3v) is 13.1. The molecule has 0 aliphatic heterocycles. The van der Waals surface area contributed by atoms with Crippen LogP contribution in [0.3, 0.4) is 0 Å². The molecule has 1 unspecified atom stereocenters. The summed E-state index contributed by atoms with van der Waals surface area (Å²) in [6.45, 7) is 6.45. The first-order chi connectivity index (χ1) is 35.5. The second kappa shape index (κ2) is 60.1. The van der Waals surface area contributed by atoms with Gasteiger partial charge in [-0.15, -0.1) is 0 Å². The SMILES string of the molecule is CC/C=C\C/C=C\C/C=C\C/C=C\CCCCCCCCCCCCCCCCCCC(=O)OCC(COC(=O)CCCCCCC/C=C\CCCC)OC(=O)CCCCCCC/C=C\C/C=C\CCCC. The Morgan fingerprint density at radius 2 is 0.542 bits per heavy atom. The zero-order chi connectivity index (χ0) is 52.2. The lowest BCUT2D eigenvalue weighted by Gasteiger charge is -2.18. The van der Waals surface area contributed by atoms with Gasteiger partial charge in [-0.2, -0.15) is 0 Å². The van der Waals surface area contributed by atoms with Gasteiger partial charge in [-0.05, 0) is 103 Å². The van der Waals surface area contributed by atoms with Gasteiger partial charge in [-0.3, -0.25) is 14.4 Å². The number of hydrogen-bond donors (Lipinski definition) is 0. The van der Waals surface area contributed by atoms with E-state index >= 15 is 0 Å². The van der Waals surface area contributed by atoms with Crippen LogP contribution in [0.2, 0.25) is 0 Å². The summed E-state index contributed by atoms with van der Waals surface area (Å²) in [5, 5.41) is 0. The van der Waals surface area contributed by atoms with Crippen LogP contribution in [0.5, 0.6) is 0 Å². The zero-order valence-corrected chi connectivity index (χ0v) is 47.4. The first kappa shape index (κ1) is 68.6. The highest BCUT2D eigenvalue weighted by Gasteiger charge is 2.19. The minimum atomic E-state index is -0.785. The average molecular weight is 1000 g/mol. The molecule has 0 radical (unpaired) electrons. The van der Waals surface area contributed by atoms with E-state index in [4.69, 9.17) is 14.2 Å². The molecular weight excluding hydrogens is 889 g/mol. The average Bonchev–Trinajstić information content (AvgIpc) is 3.38. The fourth-order valence-electron chi connectivity index (χ4n) is 8.49. The molecule has 0 spiro atoms. The van der Waals surface area contributed by atoms with Gasteiger partial charge >= 0.3 is 17.9 Å². The maximum Gasteiger partial charge on any atom is 0.306 e. The number of allylic oxidation sites excluding steroid dienone is 14. The molecule has 0 bridgehead atoms. The van der Waals surface area contributed by atoms with Gasteiger partial charge in [0.1, 0.15) is 13.2 Å². The fourth-order valence-corrected chi connectivity index (χ4v) is 8.49. The third kappa shape index (κ3) is 57.5. The van der Waals surface area contributed by atoms with Crippen molar-refractivity contribution in [1.82, 2.24) is 0 Å². The number of rotatable bonds is 55. The van der Waals surface area contributed by atoms with E-state index in [1.165, 1.54) is 141 Å². The summed E-state index contributed by atoms with van der Waals surface area (Å²) < 4.78 is 16.8. The first-order valence-electron chi connectivity index (χ1n) is 30.6. The van der Waals surface area contributed by atoms with E-state index < -0.39 is 6.10 Å². The van der Waals surface area contributed by atoms with E-state index in [1.807, 2.05) is 0 Å². The number of carbonyl (C=O) groups is 3. The minimum Gasteiger partial charge on any atom is -0.462 e. The Morgan fingerprint density at radius 3 is 0.861 bits per heavy atom. The predicted octanol–water partition coefficient (Wildman–Crippen LogP) is 20.7. The van der Waals surface area contributed by atoms with Crippen LogP contribution >= 0.6 is 0 Å². The molecule has 0 aromatic rings. The van der Waals surface area contributed by atoms with Gasteiger partial charge in [0.15, 0.2) is 6.10 Å². The molecule has 414 valence electrons. The Hall–Kier alpha value is -3.41. The van der Waals surface area contributed by atoms with Crippen LogP contribution in [0.1, 0.15) is 297 Å². The van der Waals surface area contributed by atoms with Crippen molar-refractivity contribution in [2.75, 3.05) is 13.2 Å². The van der Waals surface area contributed by atoms with Crippen molar-refractivity contribution in [3.05, 3.63) is 85.1 Å². The van der Waals surface area contributed by atoms with Gasteiger partial charge in [0.05, 0.1) is 0 Å². The van der Waals surface area contributed by atoms with Crippen molar-refractivity contribution in [3.8, 4) is 0 Å². The van der Waals surface area contributed by atoms with Crippen molar-refractivity contribution in [2.45, 2.75) is 303 Å². The molecule has 0 saturated carbocycles. The maximum absolute atomic E-state index is 12.8. The van der Waals surface area contributed by atoms with E-state index in [2.05, 4.69) is 106 Å². The lowest BCUT2D eigenvalue weighted by Crippen LogP contribution is -2.30. The summed E-state index contributed by atoms with van der Waals surface area (Å²) in [5.41, 5.74) is 0. The number of carbonyl (C=O) groups excluding carboxylic acids is 3. The lowest BCUT2D eigenvalue weighted by atomic mass is 10.0. The highest BCUT2D eigenvalue weighted by atomic mass is 16.6. The normalized spacial score (nSPS) is 12.7. The lowest BCUT2D eigenvalue weighted by molar-refractivity contribution is -0.167. The number of ether oxygens (including phenoxy) is 3. The molecule has 6 nitrogen and oxygen atoms in total. The molecule has 0 fully saturated rings. The Balaban J connectivity index is 4.17. The zero-order valence-electron chi connectivity index (χ0n) is 47.4. The Labute approximate surface area is 445 Å². The standard InChI is InChI=1S/C66H114O6/c1-4-7-10-13-16-19-22-24-26-27-28-29-30-31-32-33-34-35-36-37-38-39-40-42-44-47-50-53-56-59-65(68)71-62-63(61-70-64(67)58-55-52-49-46-43-21-18-15-12-9-6-3)72-66(69)60-57-54-51-48-45-41-25-23-20-17-14-11-8-5-2/h7,10,14-19,23-26,28-29,63H,4-6,8-9,11-13,20-22,27,30-62H2,1-3H3/b10-7-,17-14-,18-15-,19-16-,25-23-,26-24-,29-28-. The molecule has 6 heteroatoms. The van der Waals surface area contributed by atoms with Gasteiger partial charge in [-0.25, -0.2) is 0 Å². The Kier molecular flexibility index (Phi) is 57.3. The summed E-state index contributed by atoms with van der Waals surface area (Å²) >= 11 is 0. The predicted molar refractivity (Wildman–Crippen MR) is 311 cm³/mol. The summed E-state index contributed by atoms with van der Waals surface area (Å²) in [4.78, 5) is 38.1. The molecule has 0 rings (SSSR count). The highest BCUT2D eigenvalue weighted by Crippen LogP contribution is 2.16. The quantitative estimate of drug-likeness (QED) is 0.0261. The van der Waals surface area contributed by atoms with E-state index in [0.717, 1.165) is 116 Å². The molecule has 0 aromatic heterocycles. The van der Waals surface area contributed by atoms with E-state index in [-0.39, 0.29) is 31.1 Å². The number of esters is 3. The fraction of sp³-hybridized carbons (Fsp3) is 0.742. The van der Waals surface area contributed by atoms with Gasteiger partial charge < -0.3 is 14.2 Å². The molecule has 0 N–H and O–H groups in total. The van der Waals surface area contributed by atoms with Crippen LogP contribution in [-0.2, 0) is 28.6 Å². The Morgan fingerprint density at radius 1 is 0.292 bits per heavy atom. The largest absolute Gasteiger partial charge is 0.462 e. The molecule has 1 atom stereocenters. The van der Waals surface area contributed by atoms with Crippen molar-refractivity contribution in [1.29, 1.82) is 0 Å². The molecule has 0 heterocycles. The summed E-state index contributed by atoms with van der Waals surface area (Å²) in [6.07, 6.45) is 78.8. The molecule has 0 saturated heterocycles. The first-order valence-corrected chi connectivity index (χ1v) is 30.6. The third-order valence-electron chi connectivity index (χ3n) is 13.1. The molecule has 72 heavy (non-hydrogen) atoms. The Bertz CT molecular complexity index is 1380. The molecular formula is C66H114O6. The van der Waals surface area contributed by atoms with Crippen molar-refractivity contribution < 1.29 is 28.6 Å². The molecule has 0 aliphatic carbocycles. The highest BCUT2D eigenvalue weighted by molar-refractivity contribution is 5.71. The van der Waals surface area contributed by atoms with Crippen LogP contribution in [0.4, 0.5) is 0 Å². The van der Waals surface area contributed by atoms with Crippen molar-refractivity contribution >= 4 is 17.9 Å². The van der Waals surface area contributed by atoms with E-state index in [9.17, 15) is 14.4 Å². The number of unbranched alkanes of at least 4 members (excludes halogenated alkanes) is 30. The van der Waals surface area contributed by atoms with Crippen molar-refractivity contribution in [3.63, 3.8) is 0 Å². The minimum absolute atomic E-state index is 0.0828. The second-order valence-corrected chi connectivity index (χ2v) is 20.2. The summed E-state index contributed by atoms with van der Waals surface area (Å²) in [5.74, 6) is -0.899. The van der Waals surface area contributed by atoms with Crippen LogP contribution in [0, 0.1) is 0 Å². The van der Waals surface area contributed by atoms with Crippen LogP contribution in [0.15, 0.2) is 85.1 Å². The van der Waals surface area contributed by atoms with Gasteiger partial charge in [0.2, 0.25) is 0 Å². The second-order valence-electron chi connectivity index (χ2n) is 20.2. The van der Waals surface area contributed by atoms with Crippen LogP contribution < -0.4 is 0 Å². The van der Waals surface area contributed by atoms with E-state index in [1.54, 1.807) is 0 Å². The van der Waals surface area contributed by atoms with Gasteiger partial charge in [0.25, 0.3) is 0 Å². The smallest absolute Gasteiger partial charge is 0.306 e. The summed E-state index contributed by atoms with van der Waals surface area (Å²) in [7, 11) is 0. The maximum atomic E-state index is 12.8. The molecule has 0 aromatic carbocycles. The molecule has 0 amide bonds. The monoisotopic (exact) mass is 1000 g/mol. The molecule has 0 aliphatic rings. The van der Waals surface area contributed by atoms with Crippen molar-refractivity contribution in [2.24, 2.45) is 0 Å². The van der Waals surface area contributed by atoms with Gasteiger partial charge in [0, 0.05) is 19.3 Å². The summed E-state index contributed by atoms with van der Waals surface area (Å²) in [6, 6.07) is 0. The topological polar surface area (TPSA) is 78.9 Å². The van der Waals surface area contributed by atoms with Gasteiger partial charge in [-0.1, -0.05) is 260 Å². The van der Waals surface area contributed by atoms with E-state index in [0.29, 0.717) is 19.3 Å². The number of hydrogen-bond acceptors (Lipinski definition) is 6. The van der Waals surface area contributed by atoms with Crippen LogP contribution in [0.25, 0.3) is 0 Å².